The van der Waals surface area contributed by atoms with Crippen molar-refractivity contribution in [3.05, 3.63) is 35.4 Å². The van der Waals surface area contributed by atoms with Crippen molar-refractivity contribution in [2.75, 3.05) is 0 Å². The van der Waals surface area contributed by atoms with Gasteiger partial charge >= 0.3 is 5.97 Å². The molecule has 0 atom stereocenters. The molecule has 0 rings (SSSR count). The van der Waals surface area contributed by atoms with E-state index < -0.39 is 35.3 Å². The predicted octanol–water partition coefficient (Wildman–Crippen LogP) is 2.54. The number of carbonyl (C=O) groups is 1. The molecule has 0 aromatic heterocycles. The highest BCUT2D eigenvalue weighted by atomic mass is 19.2. The maximum absolute atomic E-state index is 12.6. The van der Waals surface area contributed by atoms with Crippen LogP contribution in [0.3, 0.4) is 0 Å². The molecular formula is C8H7F3O3. The highest BCUT2D eigenvalue weighted by molar-refractivity contribution is 5.86. The van der Waals surface area contributed by atoms with Gasteiger partial charge in [-0.05, 0) is 13.0 Å². The topological polar surface area (TPSA) is 57.5 Å². The highest BCUT2D eigenvalue weighted by Gasteiger charge is 2.10. The molecule has 0 aromatic rings. The molecular weight excluding hydrogens is 201 g/mol. The number of aliphatic hydroxyl groups excluding tert-OH is 1. The van der Waals surface area contributed by atoms with E-state index in [4.69, 9.17) is 10.2 Å². The Labute approximate surface area is 77.5 Å². The Hall–Kier alpha value is -1.72. The van der Waals surface area contributed by atoms with Crippen LogP contribution in [-0.2, 0) is 4.79 Å². The normalized spacial score (nSPS) is 15.1. The van der Waals surface area contributed by atoms with Crippen molar-refractivity contribution >= 4 is 5.97 Å². The van der Waals surface area contributed by atoms with Gasteiger partial charge in [0.2, 0.25) is 5.83 Å². The second kappa shape index (κ2) is 5.11. The SMILES string of the molecule is C\C(=C/C(F)=C(F)\C(O)=C\F)C(=O)O. The molecule has 0 bridgehead atoms. The average molecular weight is 208 g/mol. The lowest BCUT2D eigenvalue weighted by Gasteiger charge is -1.95. The molecule has 0 saturated carbocycles. The fraction of sp³-hybridized carbons (Fsp3) is 0.125. The summed E-state index contributed by atoms with van der Waals surface area (Å²) in [7, 11) is 0. The van der Waals surface area contributed by atoms with Crippen LogP contribution in [0.1, 0.15) is 6.92 Å². The molecule has 0 unspecified atom stereocenters. The lowest BCUT2D eigenvalue weighted by atomic mass is 10.2. The van der Waals surface area contributed by atoms with Crippen LogP contribution in [0.15, 0.2) is 35.4 Å². The van der Waals surface area contributed by atoms with E-state index >= 15 is 0 Å². The highest BCUT2D eigenvalue weighted by Crippen LogP contribution is 2.18. The summed E-state index contributed by atoms with van der Waals surface area (Å²) >= 11 is 0. The molecule has 0 spiro atoms. The van der Waals surface area contributed by atoms with Gasteiger partial charge in [0.15, 0.2) is 11.6 Å². The van der Waals surface area contributed by atoms with Gasteiger partial charge in [-0.2, -0.15) is 4.39 Å². The minimum atomic E-state index is -1.85. The van der Waals surface area contributed by atoms with Crippen molar-refractivity contribution in [1.29, 1.82) is 0 Å². The van der Waals surface area contributed by atoms with E-state index in [0.29, 0.717) is 6.08 Å². The van der Waals surface area contributed by atoms with Crippen molar-refractivity contribution in [1.82, 2.24) is 0 Å². The number of allylic oxidation sites excluding steroid dienone is 3. The van der Waals surface area contributed by atoms with E-state index in [1.807, 2.05) is 0 Å². The van der Waals surface area contributed by atoms with Crippen LogP contribution in [-0.4, -0.2) is 16.2 Å². The fourth-order valence-electron chi connectivity index (χ4n) is 0.485. The smallest absolute Gasteiger partial charge is 0.331 e. The summed E-state index contributed by atoms with van der Waals surface area (Å²) in [6.45, 7) is 1.02. The van der Waals surface area contributed by atoms with Crippen molar-refractivity contribution in [2.24, 2.45) is 0 Å². The van der Waals surface area contributed by atoms with Crippen molar-refractivity contribution in [3.63, 3.8) is 0 Å². The minimum Gasteiger partial charge on any atom is -0.503 e. The first-order valence-corrected chi connectivity index (χ1v) is 3.36. The molecule has 0 aliphatic heterocycles. The molecule has 6 heteroatoms. The third-order valence-electron chi connectivity index (χ3n) is 1.22. The summed E-state index contributed by atoms with van der Waals surface area (Å²) in [4.78, 5) is 10.2. The molecule has 0 aliphatic carbocycles. The lowest BCUT2D eigenvalue weighted by Crippen LogP contribution is -1.96. The van der Waals surface area contributed by atoms with Gasteiger partial charge in [-0.25, -0.2) is 13.6 Å². The zero-order chi connectivity index (χ0) is 11.3. The minimum absolute atomic E-state index is 0.331. The van der Waals surface area contributed by atoms with Crippen LogP contribution in [0.5, 0.6) is 0 Å². The molecule has 0 heterocycles. The quantitative estimate of drug-likeness (QED) is 0.425. The van der Waals surface area contributed by atoms with Crippen LogP contribution in [0.2, 0.25) is 0 Å². The fourth-order valence-corrected chi connectivity index (χ4v) is 0.485. The average Bonchev–Trinajstić information content (AvgIpc) is 2.14. The molecule has 0 saturated heterocycles. The van der Waals surface area contributed by atoms with Gasteiger partial charge in [-0.3, -0.25) is 0 Å². The molecule has 0 radical (unpaired) electrons. The molecule has 14 heavy (non-hydrogen) atoms. The molecule has 2 N–H and O–H groups in total. The van der Waals surface area contributed by atoms with E-state index in [1.54, 1.807) is 0 Å². The second-order valence-electron chi connectivity index (χ2n) is 2.29. The van der Waals surface area contributed by atoms with Gasteiger partial charge in [0.25, 0.3) is 0 Å². The van der Waals surface area contributed by atoms with Crippen LogP contribution >= 0.6 is 0 Å². The van der Waals surface area contributed by atoms with E-state index in [1.165, 1.54) is 0 Å². The number of hydrogen-bond acceptors (Lipinski definition) is 2. The van der Waals surface area contributed by atoms with Gasteiger partial charge in [-0.1, -0.05) is 0 Å². The number of rotatable bonds is 3. The first-order valence-electron chi connectivity index (χ1n) is 3.36. The number of hydrogen-bond donors (Lipinski definition) is 2. The Kier molecular flexibility index (Phi) is 4.48. The van der Waals surface area contributed by atoms with Crippen molar-refractivity contribution in [3.8, 4) is 0 Å². The summed E-state index contributed by atoms with van der Waals surface area (Å²) in [6, 6.07) is 0. The van der Waals surface area contributed by atoms with Crippen molar-refractivity contribution < 1.29 is 28.2 Å². The number of aliphatic carboxylic acids is 1. The molecule has 3 nitrogen and oxygen atoms in total. The van der Waals surface area contributed by atoms with Gasteiger partial charge in [0.1, 0.15) is 6.33 Å². The van der Waals surface area contributed by atoms with Gasteiger partial charge in [-0.15, -0.1) is 0 Å². The van der Waals surface area contributed by atoms with Gasteiger partial charge in [0, 0.05) is 5.57 Å². The summed E-state index contributed by atoms with van der Waals surface area (Å²) < 4.78 is 36.7. The summed E-state index contributed by atoms with van der Waals surface area (Å²) in [5.74, 6) is -6.49. The third-order valence-corrected chi connectivity index (χ3v) is 1.22. The maximum atomic E-state index is 12.6. The van der Waals surface area contributed by atoms with E-state index in [2.05, 4.69) is 0 Å². The number of halogens is 3. The summed E-state index contributed by atoms with van der Waals surface area (Å²) in [6.07, 6.45) is -0.212. The Bertz CT molecular complexity index is 329. The summed E-state index contributed by atoms with van der Waals surface area (Å²) in [5, 5.41) is 16.7. The van der Waals surface area contributed by atoms with E-state index in [0.717, 1.165) is 6.92 Å². The van der Waals surface area contributed by atoms with Crippen molar-refractivity contribution in [2.45, 2.75) is 6.92 Å². The zero-order valence-electron chi connectivity index (χ0n) is 7.09. The van der Waals surface area contributed by atoms with Crippen LogP contribution in [0.4, 0.5) is 13.2 Å². The lowest BCUT2D eigenvalue weighted by molar-refractivity contribution is -0.132. The molecule has 78 valence electrons. The number of carboxylic acids is 1. The first-order chi connectivity index (χ1) is 6.40. The Morgan fingerprint density at radius 1 is 1.29 bits per heavy atom. The van der Waals surface area contributed by atoms with Gasteiger partial charge < -0.3 is 10.2 Å². The number of carboxylic acid groups (broad SMARTS) is 1. The monoisotopic (exact) mass is 208 g/mol. The zero-order valence-corrected chi connectivity index (χ0v) is 7.09. The van der Waals surface area contributed by atoms with Gasteiger partial charge in [0.05, 0.1) is 0 Å². The Morgan fingerprint density at radius 3 is 2.14 bits per heavy atom. The second-order valence-corrected chi connectivity index (χ2v) is 2.29. The molecule has 0 aliphatic rings. The Morgan fingerprint density at radius 2 is 1.79 bits per heavy atom. The molecule has 0 amide bonds. The van der Waals surface area contributed by atoms with Crippen LogP contribution in [0, 0.1) is 0 Å². The van der Waals surface area contributed by atoms with E-state index in [9.17, 15) is 18.0 Å². The summed E-state index contributed by atoms with van der Waals surface area (Å²) in [5.41, 5.74) is -0.482. The standard InChI is InChI=1S/C8H7F3O3/c1-4(8(13)14)2-5(10)7(11)6(12)3-9/h2-3,12H,1H3,(H,13,14)/b4-2+,6-3-,7-5-. The van der Waals surface area contributed by atoms with E-state index in [-0.39, 0.29) is 0 Å². The molecule has 0 fully saturated rings. The molecule has 0 aromatic carbocycles. The van der Waals surface area contributed by atoms with Crippen LogP contribution < -0.4 is 0 Å². The largest absolute Gasteiger partial charge is 0.503 e. The number of aliphatic hydroxyl groups is 1. The predicted molar refractivity (Wildman–Crippen MR) is 42.5 cm³/mol. The Balaban J connectivity index is 5.04. The van der Waals surface area contributed by atoms with Crippen LogP contribution in [0.25, 0.3) is 0 Å². The first kappa shape index (κ1) is 12.3. The maximum Gasteiger partial charge on any atom is 0.331 e. The third kappa shape index (κ3) is 3.34.